The van der Waals surface area contributed by atoms with Crippen molar-refractivity contribution in [1.82, 2.24) is 20.2 Å². The van der Waals surface area contributed by atoms with Crippen molar-refractivity contribution in [3.8, 4) is 0 Å². The third kappa shape index (κ3) is 6.94. The number of anilines is 1. The van der Waals surface area contributed by atoms with Gasteiger partial charge in [-0.1, -0.05) is 12.1 Å². The Morgan fingerprint density at radius 3 is 2.56 bits per heavy atom. The van der Waals surface area contributed by atoms with E-state index in [9.17, 15) is 9.59 Å². The van der Waals surface area contributed by atoms with Gasteiger partial charge in [-0.2, -0.15) is 0 Å². The van der Waals surface area contributed by atoms with Crippen LogP contribution in [0.15, 0.2) is 67.1 Å². The smallest absolute Gasteiger partial charge is 0.255 e. The van der Waals surface area contributed by atoms with E-state index in [0.717, 1.165) is 50.5 Å². The molecule has 8 heteroatoms. The topological polar surface area (TPSA) is 96.5 Å². The van der Waals surface area contributed by atoms with Gasteiger partial charge in [-0.3, -0.25) is 24.5 Å². The highest BCUT2D eigenvalue weighted by Gasteiger charge is 2.12. The summed E-state index contributed by atoms with van der Waals surface area (Å²) in [6.45, 7) is 5.07. The molecule has 1 saturated heterocycles. The number of hydrogen-bond donors (Lipinski definition) is 2. The molecule has 0 bridgehead atoms. The summed E-state index contributed by atoms with van der Waals surface area (Å²) in [6, 6.07) is 14.4. The number of rotatable bonds is 9. The molecule has 0 saturated carbocycles. The summed E-state index contributed by atoms with van der Waals surface area (Å²) in [5, 5.41) is 5.86. The molecule has 1 aromatic carbocycles. The van der Waals surface area contributed by atoms with Gasteiger partial charge in [0.25, 0.3) is 11.8 Å². The predicted octanol–water partition coefficient (Wildman–Crippen LogP) is 2.77. The van der Waals surface area contributed by atoms with E-state index in [2.05, 4.69) is 25.5 Å². The summed E-state index contributed by atoms with van der Waals surface area (Å²) in [5.74, 6) is -0.290. The lowest BCUT2D eigenvalue weighted by atomic mass is 10.0. The Bertz CT molecular complexity index is 1100. The number of aromatic nitrogens is 2. The Morgan fingerprint density at radius 2 is 1.74 bits per heavy atom. The second-order valence-electron chi connectivity index (χ2n) is 8.17. The van der Waals surface area contributed by atoms with Crippen LogP contribution in [-0.4, -0.2) is 66.1 Å². The highest BCUT2D eigenvalue weighted by atomic mass is 16.5. The number of benzene rings is 1. The fourth-order valence-corrected chi connectivity index (χ4v) is 3.82. The Kier molecular flexibility index (Phi) is 8.32. The van der Waals surface area contributed by atoms with E-state index in [1.165, 1.54) is 0 Å². The van der Waals surface area contributed by atoms with Crippen LogP contribution in [0.4, 0.5) is 5.69 Å². The van der Waals surface area contributed by atoms with Crippen LogP contribution < -0.4 is 10.6 Å². The van der Waals surface area contributed by atoms with E-state index in [4.69, 9.17) is 4.74 Å². The Balaban J connectivity index is 1.30. The molecule has 0 radical (unpaired) electrons. The molecule has 1 fully saturated rings. The molecular weight excluding hydrogens is 430 g/mol. The van der Waals surface area contributed by atoms with E-state index < -0.39 is 0 Å². The molecule has 4 rings (SSSR count). The normalized spacial score (nSPS) is 13.9. The zero-order valence-corrected chi connectivity index (χ0v) is 19.1. The second kappa shape index (κ2) is 12.0. The van der Waals surface area contributed by atoms with Crippen molar-refractivity contribution in [2.24, 2.45) is 0 Å². The molecule has 34 heavy (non-hydrogen) atoms. The van der Waals surface area contributed by atoms with Gasteiger partial charge in [0, 0.05) is 67.2 Å². The molecule has 2 aromatic heterocycles. The summed E-state index contributed by atoms with van der Waals surface area (Å²) in [6.07, 6.45) is 6.31. The SMILES string of the molecule is O=C(NCCCN1CCOCC1)c1cccc(Cc2cc(C(=O)Nc3ccncc3)ccn2)c1. The lowest BCUT2D eigenvalue weighted by Gasteiger charge is -2.26. The molecule has 0 spiro atoms. The van der Waals surface area contributed by atoms with Crippen molar-refractivity contribution in [2.45, 2.75) is 12.8 Å². The minimum Gasteiger partial charge on any atom is -0.379 e. The summed E-state index contributed by atoms with van der Waals surface area (Å²) < 4.78 is 5.36. The predicted molar refractivity (Wildman–Crippen MR) is 130 cm³/mol. The fourth-order valence-electron chi connectivity index (χ4n) is 3.82. The number of nitrogens with one attached hydrogen (secondary N) is 2. The molecule has 8 nitrogen and oxygen atoms in total. The minimum absolute atomic E-state index is 0.0812. The van der Waals surface area contributed by atoms with Crippen molar-refractivity contribution >= 4 is 17.5 Å². The lowest BCUT2D eigenvalue weighted by molar-refractivity contribution is 0.0374. The van der Waals surface area contributed by atoms with Crippen molar-refractivity contribution in [3.05, 3.63) is 89.5 Å². The molecular formula is C26H29N5O3. The largest absolute Gasteiger partial charge is 0.379 e. The zero-order chi connectivity index (χ0) is 23.6. The van der Waals surface area contributed by atoms with Gasteiger partial charge < -0.3 is 15.4 Å². The number of ether oxygens (including phenoxy) is 1. The average molecular weight is 460 g/mol. The summed E-state index contributed by atoms with van der Waals surface area (Å²) in [5.41, 5.74) is 3.54. The standard InChI is InChI=1S/C26H29N5O3/c32-25(29-8-2-12-31-13-15-34-16-14-31)21-4-1-3-20(17-21)18-24-19-22(5-11-28-24)26(33)30-23-6-9-27-10-7-23/h1,3-7,9-11,17,19H,2,8,12-16,18H2,(H,29,32)(H,27,30,33). The maximum Gasteiger partial charge on any atom is 0.255 e. The van der Waals surface area contributed by atoms with Crippen LogP contribution in [0.5, 0.6) is 0 Å². The maximum atomic E-state index is 12.6. The van der Waals surface area contributed by atoms with Gasteiger partial charge in [0.2, 0.25) is 0 Å². The molecule has 0 aliphatic carbocycles. The summed E-state index contributed by atoms with van der Waals surface area (Å²) in [4.78, 5) is 35.9. The molecule has 0 unspecified atom stereocenters. The third-order valence-electron chi connectivity index (χ3n) is 5.63. The van der Waals surface area contributed by atoms with Crippen LogP contribution in [0.3, 0.4) is 0 Å². The van der Waals surface area contributed by atoms with Gasteiger partial charge in [-0.15, -0.1) is 0 Å². The van der Waals surface area contributed by atoms with Crippen molar-refractivity contribution in [1.29, 1.82) is 0 Å². The first kappa shape index (κ1) is 23.5. The van der Waals surface area contributed by atoms with Crippen molar-refractivity contribution in [3.63, 3.8) is 0 Å². The zero-order valence-electron chi connectivity index (χ0n) is 19.1. The van der Waals surface area contributed by atoms with Crippen LogP contribution in [0.25, 0.3) is 0 Å². The third-order valence-corrected chi connectivity index (χ3v) is 5.63. The van der Waals surface area contributed by atoms with Crippen LogP contribution >= 0.6 is 0 Å². The minimum atomic E-state index is -0.208. The van der Waals surface area contributed by atoms with Crippen LogP contribution in [-0.2, 0) is 11.2 Å². The average Bonchev–Trinajstić information content (AvgIpc) is 2.88. The second-order valence-corrected chi connectivity index (χ2v) is 8.17. The van der Waals surface area contributed by atoms with Gasteiger partial charge in [-0.05, 0) is 54.9 Å². The first-order chi connectivity index (χ1) is 16.7. The van der Waals surface area contributed by atoms with Gasteiger partial charge in [0.05, 0.1) is 13.2 Å². The number of pyridine rings is 2. The van der Waals surface area contributed by atoms with Gasteiger partial charge in [0.1, 0.15) is 0 Å². The van der Waals surface area contributed by atoms with E-state index >= 15 is 0 Å². The van der Waals surface area contributed by atoms with E-state index in [-0.39, 0.29) is 11.8 Å². The number of nitrogens with zero attached hydrogens (tertiary/aromatic N) is 3. The first-order valence-electron chi connectivity index (χ1n) is 11.5. The Morgan fingerprint density at radius 1 is 0.941 bits per heavy atom. The molecule has 1 aliphatic heterocycles. The highest BCUT2D eigenvalue weighted by Crippen LogP contribution is 2.13. The van der Waals surface area contributed by atoms with Gasteiger partial charge >= 0.3 is 0 Å². The maximum absolute atomic E-state index is 12.6. The Hall–Kier alpha value is -3.62. The summed E-state index contributed by atoms with van der Waals surface area (Å²) >= 11 is 0. The number of carbonyl (C=O) groups excluding carboxylic acids is 2. The molecule has 3 aromatic rings. The molecule has 1 aliphatic rings. The van der Waals surface area contributed by atoms with Gasteiger partial charge in [-0.25, -0.2) is 0 Å². The molecule has 2 N–H and O–H groups in total. The molecule has 2 amide bonds. The van der Waals surface area contributed by atoms with Crippen LogP contribution in [0.2, 0.25) is 0 Å². The fraction of sp³-hybridized carbons (Fsp3) is 0.308. The van der Waals surface area contributed by atoms with E-state index in [1.54, 1.807) is 42.9 Å². The number of hydrogen-bond acceptors (Lipinski definition) is 6. The van der Waals surface area contributed by atoms with Crippen LogP contribution in [0, 0.1) is 0 Å². The highest BCUT2D eigenvalue weighted by molar-refractivity contribution is 6.04. The number of amides is 2. The molecule has 3 heterocycles. The van der Waals surface area contributed by atoms with Crippen molar-refractivity contribution < 1.29 is 14.3 Å². The molecule has 0 atom stereocenters. The quantitative estimate of drug-likeness (QED) is 0.478. The van der Waals surface area contributed by atoms with E-state index in [0.29, 0.717) is 29.8 Å². The monoisotopic (exact) mass is 459 g/mol. The first-order valence-corrected chi connectivity index (χ1v) is 11.5. The molecule has 176 valence electrons. The number of morpholine rings is 1. The van der Waals surface area contributed by atoms with Crippen molar-refractivity contribution in [2.75, 3.05) is 44.7 Å². The van der Waals surface area contributed by atoms with Crippen LogP contribution in [0.1, 0.15) is 38.4 Å². The Labute approximate surface area is 199 Å². The summed E-state index contributed by atoms with van der Waals surface area (Å²) in [7, 11) is 0. The van der Waals surface area contributed by atoms with Gasteiger partial charge in [0.15, 0.2) is 0 Å². The number of carbonyl (C=O) groups is 2. The lowest BCUT2D eigenvalue weighted by Crippen LogP contribution is -2.38. The van der Waals surface area contributed by atoms with E-state index in [1.807, 2.05) is 24.3 Å².